The highest BCUT2D eigenvalue weighted by molar-refractivity contribution is 5.86. The van der Waals surface area contributed by atoms with Crippen LogP contribution in [0.2, 0.25) is 0 Å². The number of ether oxygens (including phenoxy) is 2. The number of carbonyl (C=O) groups is 1. The van der Waals surface area contributed by atoms with Crippen LogP contribution in [-0.4, -0.2) is 38.1 Å². The maximum Gasteiger partial charge on any atom is 0.352 e. The van der Waals surface area contributed by atoms with Crippen molar-refractivity contribution >= 4 is 18.4 Å². The minimum atomic E-state index is -0.701. The molecule has 0 amide bonds. The first kappa shape index (κ1) is 17.3. The summed E-state index contributed by atoms with van der Waals surface area (Å²) in [7, 11) is 3.88. The van der Waals surface area contributed by atoms with Crippen molar-refractivity contribution in [2.75, 3.05) is 27.2 Å². The third-order valence-electron chi connectivity index (χ3n) is 3.66. The van der Waals surface area contributed by atoms with Crippen molar-refractivity contribution in [3.05, 3.63) is 54.1 Å². The van der Waals surface area contributed by atoms with E-state index in [0.717, 1.165) is 22.4 Å². The lowest BCUT2D eigenvalue weighted by Crippen LogP contribution is -2.27. The highest BCUT2D eigenvalue weighted by atomic mass is 35.5. The third-order valence-corrected chi connectivity index (χ3v) is 3.66. The van der Waals surface area contributed by atoms with Crippen LogP contribution in [0.5, 0.6) is 5.75 Å². The SMILES string of the molecule is CN(C)CCOC(=O)C1Oc2ccccc2-c2ccccc21.Cl. The van der Waals surface area contributed by atoms with E-state index in [1.807, 2.05) is 67.5 Å². The van der Waals surface area contributed by atoms with Crippen LogP contribution in [-0.2, 0) is 9.53 Å². The van der Waals surface area contributed by atoms with Gasteiger partial charge in [0.05, 0.1) is 0 Å². The van der Waals surface area contributed by atoms with Crippen molar-refractivity contribution in [2.24, 2.45) is 0 Å². The smallest absolute Gasteiger partial charge is 0.352 e. The molecule has 0 aromatic heterocycles. The first-order valence-electron chi connectivity index (χ1n) is 7.33. The lowest BCUT2D eigenvalue weighted by Gasteiger charge is -2.27. The largest absolute Gasteiger partial charge is 0.473 e. The van der Waals surface area contributed by atoms with E-state index < -0.39 is 6.10 Å². The molecule has 1 unspecified atom stereocenters. The zero-order chi connectivity index (χ0) is 15.5. The average molecular weight is 334 g/mol. The minimum absolute atomic E-state index is 0. The Kier molecular flexibility index (Phi) is 5.64. The van der Waals surface area contributed by atoms with Gasteiger partial charge in [-0.2, -0.15) is 0 Å². The van der Waals surface area contributed by atoms with Gasteiger partial charge in [-0.25, -0.2) is 4.79 Å². The molecule has 4 nitrogen and oxygen atoms in total. The molecule has 2 aromatic carbocycles. The van der Waals surface area contributed by atoms with Gasteiger partial charge in [-0.05, 0) is 25.7 Å². The van der Waals surface area contributed by atoms with E-state index in [9.17, 15) is 4.79 Å². The molecule has 0 N–H and O–H groups in total. The number of para-hydroxylation sites is 1. The lowest BCUT2D eigenvalue weighted by atomic mass is 9.93. The fourth-order valence-electron chi connectivity index (χ4n) is 2.53. The monoisotopic (exact) mass is 333 g/mol. The van der Waals surface area contributed by atoms with Crippen molar-refractivity contribution in [3.63, 3.8) is 0 Å². The summed E-state index contributed by atoms with van der Waals surface area (Å²) in [5.41, 5.74) is 2.89. The molecular weight excluding hydrogens is 314 g/mol. The molecule has 0 fully saturated rings. The molecule has 1 atom stereocenters. The standard InChI is InChI=1S/C18H19NO3.ClH/c1-19(2)11-12-21-18(20)17-15-9-4-3-7-13(15)14-8-5-6-10-16(14)22-17;/h3-10,17H,11-12H2,1-2H3;1H. The van der Waals surface area contributed by atoms with Crippen LogP contribution >= 0.6 is 12.4 Å². The molecule has 1 aliphatic rings. The van der Waals surface area contributed by atoms with Gasteiger partial charge in [0.1, 0.15) is 12.4 Å². The van der Waals surface area contributed by atoms with E-state index in [1.165, 1.54) is 0 Å². The summed E-state index contributed by atoms with van der Waals surface area (Å²) in [6.45, 7) is 1.05. The van der Waals surface area contributed by atoms with Crippen LogP contribution < -0.4 is 4.74 Å². The summed E-state index contributed by atoms with van der Waals surface area (Å²) in [4.78, 5) is 14.4. The first-order chi connectivity index (χ1) is 10.7. The molecule has 1 aliphatic heterocycles. The molecule has 1 heterocycles. The van der Waals surface area contributed by atoms with Crippen LogP contribution in [0.25, 0.3) is 11.1 Å². The Balaban J connectivity index is 0.00000192. The van der Waals surface area contributed by atoms with Crippen molar-refractivity contribution in [1.29, 1.82) is 0 Å². The van der Waals surface area contributed by atoms with Crippen molar-refractivity contribution in [1.82, 2.24) is 4.90 Å². The quantitative estimate of drug-likeness (QED) is 0.805. The summed E-state index contributed by atoms with van der Waals surface area (Å²) in [6.07, 6.45) is -0.701. The zero-order valence-corrected chi connectivity index (χ0v) is 14.0. The van der Waals surface area contributed by atoms with E-state index in [-0.39, 0.29) is 18.4 Å². The second kappa shape index (κ2) is 7.49. The summed E-state index contributed by atoms with van der Waals surface area (Å²) in [5, 5.41) is 0. The Morgan fingerprint density at radius 3 is 2.48 bits per heavy atom. The fourth-order valence-corrected chi connectivity index (χ4v) is 2.53. The normalized spacial score (nSPS) is 15.0. The maximum atomic E-state index is 12.4. The van der Waals surface area contributed by atoms with Gasteiger partial charge in [-0.1, -0.05) is 42.5 Å². The van der Waals surface area contributed by atoms with E-state index in [0.29, 0.717) is 13.2 Å². The molecule has 0 radical (unpaired) electrons. The number of esters is 1. The average Bonchev–Trinajstić information content (AvgIpc) is 2.53. The number of fused-ring (bicyclic) bond motifs is 3. The Morgan fingerprint density at radius 2 is 1.74 bits per heavy atom. The molecule has 23 heavy (non-hydrogen) atoms. The van der Waals surface area contributed by atoms with Crippen LogP contribution in [0.4, 0.5) is 0 Å². The highest BCUT2D eigenvalue weighted by Gasteiger charge is 2.32. The molecule has 0 spiro atoms. The van der Waals surface area contributed by atoms with Crippen LogP contribution in [0, 0.1) is 0 Å². The summed E-state index contributed by atoms with van der Waals surface area (Å²) >= 11 is 0. The van der Waals surface area contributed by atoms with Gasteiger partial charge in [0.25, 0.3) is 0 Å². The number of benzene rings is 2. The topological polar surface area (TPSA) is 38.8 Å². The Morgan fingerprint density at radius 1 is 1.09 bits per heavy atom. The molecule has 3 rings (SSSR count). The first-order valence-corrected chi connectivity index (χ1v) is 7.33. The predicted octanol–water partition coefficient (Wildman–Crippen LogP) is 3.31. The number of likely N-dealkylation sites (N-methyl/N-ethyl adjacent to an activating group) is 1. The molecular formula is C18H20ClNO3. The zero-order valence-electron chi connectivity index (χ0n) is 13.2. The molecule has 5 heteroatoms. The Bertz CT molecular complexity index is 687. The lowest BCUT2D eigenvalue weighted by molar-refractivity contribution is -0.152. The van der Waals surface area contributed by atoms with Gasteiger partial charge in [-0.15, -0.1) is 12.4 Å². The second-order valence-corrected chi connectivity index (χ2v) is 5.55. The molecule has 2 aromatic rings. The van der Waals surface area contributed by atoms with E-state index in [2.05, 4.69) is 0 Å². The number of rotatable bonds is 4. The van der Waals surface area contributed by atoms with Crippen molar-refractivity contribution in [2.45, 2.75) is 6.10 Å². The summed E-state index contributed by atoms with van der Waals surface area (Å²) < 4.78 is 11.2. The number of halogens is 1. The predicted molar refractivity (Wildman–Crippen MR) is 92.0 cm³/mol. The number of hydrogen-bond donors (Lipinski definition) is 0. The van der Waals surface area contributed by atoms with E-state index >= 15 is 0 Å². The molecule has 0 aliphatic carbocycles. The maximum absolute atomic E-state index is 12.4. The van der Waals surface area contributed by atoms with Crippen LogP contribution in [0.1, 0.15) is 11.7 Å². The molecule has 122 valence electrons. The summed E-state index contributed by atoms with van der Waals surface area (Å²) in [6, 6.07) is 15.6. The fraction of sp³-hybridized carbons (Fsp3) is 0.278. The van der Waals surface area contributed by atoms with Gasteiger partial charge in [-0.3, -0.25) is 0 Å². The van der Waals surface area contributed by atoms with Gasteiger partial charge < -0.3 is 14.4 Å². The molecule has 0 bridgehead atoms. The van der Waals surface area contributed by atoms with Gasteiger partial charge in [0.2, 0.25) is 6.10 Å². The number of nitrogens with zero attached hydrogens (tertiary/aromatic N) is 1. The van der Waals surface area contributed by atoms with Gasteiger partial charge in [0.15, 0.2) is 0 Å². The van der Waals surface area contributed by atoms with E-state index in [4.69, 9.17) is 9.47 Å². The van der Waals surface area contributed by atoms with Crippen molar-refractivity contribution in [3.8, 4) is 16.9 Å². The van der Waals surface area contributed by atoms with Gasteiger partial charge >= 0.3 is 5.97 Å². The van der Waals surface area contributed by atoms with Crippen LogP contribution in [0.3, 0.4) is 0 Å². The van der Waals surface area contributed by atoms with E-state index in [1.54, 1.807) is 0 Å². The Hall–Kier alpha value is -2.04. The highest BCUT2D eigenvalue weighted by Crippen LogP contribution is 2.42. The third kappa shape index (κ3) is 3.66. The molecule has 0 saturated heterocycles. The minimum Gasteiger partial charge on any atom is -0.473 e. The second-order valence-electron chi connectivity index (χ2n) is 5.55. The number of carbonyl (C=O) groups excluding carboxylic acids is 1. The number of hydrogen-bond acceptors (Lipinski definition) is 4. The van der Waals surface area contributed by atoms with Gasteiger partial charge in [0, 0.05) is 17.7 Å². The summed E-state index contributed by atoms with van der Waals surface area (Å²) in [5.74, 6) is 0.375. The molecule has 0 saturated carbocycles. The van der Waals surface area contributed by atoms with Crippen LogP contribution in [0.15, 0.2) is 48.5 Å². The van der Waals surface area contributed by atoms with Crippen molar-refractivity contribution < 1.29 is 14.3 Å². The Labute approximate surface area is 142 Å².